The fourth-order valence-corrected chi connectivity index (χ4v) is 0.924. The van der Waals surface area contributed by atoms with E-state index < -0.39 is 0 Å². The molecule has 0 bridgehead atoms. The molecule has 0 atom stereocenters. The highest BCUT2D eigenvalue weighted by atomic mass is 16.1. The predicted octanol–water partition coefficient (Wildman–Crippen LogP) is 3.57. The van der Waals surface area contributed by atoms with Crippen LogP contribution in [-0.2, 0) is 4.79 Å². The third kappa shape index (κ3) is 6.72. The van der Waals surface area contributed by atoms with E-state index >= 15 is 0 Å². The van der Waals surface area contributed by atoms with Gasteiger partial charge in [0.15, 0.2) is 0 Å². The summed E-state index contributed by atoms with van der Waals surface area (Å²) >= 11 is 0. The Labute approximate surface area is 93.8 Å². The molecule has 1 rings (SSSR count). The van der Waals surface area contributed by atoms with Crippen molar-refractivity contribution in [3.63, 3.8) is 0 Å². The Morgan fingerprint density at radius 3 is 2.13 bits per heavy atom. The van der Waals surface area contributed by atoms with Crippen LogP contribution in [0.25, 0.3) is 0 Å². The minimum Gasteiger partial charge on any atom is -0.326 e. The maximum atomic E-state index is 10.8. The lowest BCUT2D eigenvalue weighted by molar-refractivity contribution is -0.118. The van der Waals surface area contributed by atoms with Crippen molar-refractivity contribution < 1.29 is 4.79 Å². The van der Waals surface area contributed by atoms with Crippen molar-refractivity contribution in [3.8, 4) is 0 Å². The van der Waals surface area contributed by atoms with Crippen molar-refractivity contribution in [3.05, 3.63) is 36.1 Å². The number of rotatable bonds is 1. The Hall–Kier alpha value is -1.31. The largest absolute Gasteiger partial charge is 0.326 e. The van der Waals surface area contributed by atoms with Crippen LogP contribution < -0.4 is 5.32 Å². The Morgan fingerprint density at radius 2 is 1.80 bits per heavy atom. The van der Waals surface area contributed by atoms with E-state index in [0.29, 0.717) is 6.42 Å². The third-order valence-electron chi connectivity index (χ3n) is 1.48. The summed E-state index contributed by atoms with van der Waals surface area (Å²) in [5, 5.41) is 2.71. The number of amides is 1. The van der Waals surface area contributed by atoms with E-state index in [0.717, 1.165) is 11.3 Å². The zero-order chi connectivity index (χ0) is 12.3. The van der Waals surface area contributed by atoms with Gasteiger partial charge in [-0.3, -0.25) is 4.79 Å². The summed E-state index contributed by atoms with van der Waals surface area (Å²) in [6.07, 6.45) is 6.08. The van der Waals surface area contributed by atoms with Crippen LogP contribution in [0.1, 0.15) is 41.0 Å². The highest BCUT2D eigenvalue weighted by Gasteiger charge is 2.16. The highest BCUT2D eigenvalue weighted by Crippen LogP contribution is 2.15. The minimum absolute atomic E-state index is 0.0331. The quantitative estimate of drug-likeness (QED) is 0.702. The first-order valence-electron chi connectivity index (χ1n) is 5.55. The van der Waals surface area contributed by atoms with Crippen LogP contribution in [0.15, 0.2) is 36.1 Å². The van der Waals surface area contributed by atoms with Crippen molar-refractivity contribution in [1.82, 2.24) is 5.32 Å². The number of hydrogen-bond donors (Lipinski definition) is 1. The molecule has 1 aliphatic heterocycles. The van der Waals surface area contributed by atoms with Crippen LogP contribution in [0.4, 0.5) is 0 Å². The molecule has 0 aromatic heterocycles. The summed E-state index contributed by atoms with van der Waals surface area (Å²) in [4.78, 5) is 10.8. The predicted molar refractivity (Wildman–Crippen MR) is 67.5 cm³/mol. The second-order valence-electron chi connectivity index (χ2n) is 2.43. The van der Waals surface area contributed by atoms with E-state index in [1.54, 1.807) is 0 Å². The van der Waals surface area contributed by atoms with Crippen LogP contribution in [-0.4, -0.2) is 5.91 Å². The lowest BCUT2D eigenvalue weighted by Crippen LogP contribution is -2.11. The lowest BCUT2D eigenvalue weighted by Gasteiger charge is -1.93. The molecule has 1 aliphatic rings. The molecule has 1 amide bonds. The fourth-order valence-electron chi connectivity index (χ4n) is 0.924. The van der Waals surface area contributed by atoms with Crippen molar-refractivity contribution in [1.29, 1.82) is 0 Å². The van der Waals surface area contributed by atoms with E-state index in [2.05, 4.69) is 11.9 Å². The molecule has 0 unspecified atom stereocenters. The van der Waals surface area contributed by atoms with E-state index in [-0.39, 0.29) is 5.91 Å². The van der Waals surface area contributed by atoms with Crippen LogP contribution >= 0.6 is 0 Å². The summed E-state index contributed by atoms with van der Waals surface area (Å²) < 4.78 is 0. The van der Waals surface area contributed by atoms with E-state index in [1.807, 2.05) is 52.8 Å². The van der Waals surface area contributed by atoms with E-state index in [9.17, 15) is 4.79 Å². The number of carbonyl (C=O) groups excluding carboxylic acids is 1. The molecule has 86 valence electrons. The van der Waals surface area contributed by atoms with E-state index in [1.165, 1.54) is 0 Å². The Morgan fingerprint density at radius 1 is 1.27 bits per heavy atom. The van der Waals surface area contributed by atoms with Gasteiger partial charge in [0, 0.05) is 5.70 Å². The van der Waals surface area contributed by atoms with Gasteiger partial charge in [-0.2, -0.15) is 0 Å². The van der Waals surface area contributed by atoms with Gasteiger partial charge in [-0.15, -0.1) is 0 Å². The summed E-state index contributed by atoms with van der Waals surface area (Å²) in [5.74, 6) is 0.0331. The molecule has 1 saturated heterocycles. The van der Waals surface area contributed by atoms with Crippen molar-refractivity contribution in [2.75, 3.05) is 0 Å². The van der Waals surface area contributed by atoms with Crippen LogP contribution in [0.2, 0.25) is 0 Å². The van der Waals surface area contributed by atoms with Crippen LogP contribution in [0, 0.1) is 0 Å². The van der Waals surface area contributed by atoms with Gasteiger partial charge in [-0.1, -0.05) is 46.4 Å². The minimum atomic E-state index is 0.0331. The van der Waals surface area contributed by atoms with Crippen LogP contribution in [0.3, 0.4) is 0 Å². The maximum Gasteiger partial charge on any atom is 0.228 e. The van der Waals surface area contributed by atoms with Gasteiger partial charge in [0.05, 0.1) is 6.42 Å². The number of hydrogen-bond acceptors (Lipinski definition) is 1. The molecule has 0 aliphatic carbocycles. The Balaban J connectivity index is 0. The summed E-state index contributed by atoms with van der Waals surface area (Å²) in [6, 6.07) is 0. The standard InChI is InChI=1S/C9H11NO.2C2H6/c1-3-4-5-8-7(2)6-9(11)10-8;2*1-2/h3-5H,2,6H2,1H3,(H,10,11);2*1-2H3/b4-3-,8-5+;;. The van der Waals surface area contributed by atoms with E-state index in [4.69, 9.17) is 0 Å². The maximum absolute atomic E-state index is 10.8. The number of allylic oxidation sites excluding steroid dienone is 4. The smallest absolute Gasteiger partial charge is 0.228 e. The first kappa shape index (κ1) is 16.1. The van der Waals surface area contributed by atoms with Gasteiger partial charge in [0.1, 0.15) is 0 Å². The molecule has 1 heterocycles. The summed E-state index contributed by atoms with van der Waals surface area (Å²) in [5.41, 5.74) is 1.71. The first-order chi connectivity index (χ1) is 7.24. The Bertz CT molecular complexity index is 249. The van der Waals surface area contributed by atoms with Gasteiger partial charge < -0.3 is 5.32 Å². The van der Waals surface area contributed by atoms with Crippen molar-refractivity contribution in [2.45, 2.75) is 41.0 Å². The van der Waals surface area contributed by atoms with Crippen LogP contribution in [0.5, 0.6) is 0 Å². The number of carbonyl (C=O) groups is 1. The fraction of sp³-hybridized carbons (Fsp3) is 0.462. The van der Waals surface area contributed by atoms with Gasteiger partial charge in [-0.25, -0.2) is 0 Å². The molecule has 1 N–H and O–H groups in total. The highest BCUT2D eigenvalue weighted by molar-refractivity contribution is 5.86. The van der Waals surface area contributed by atoms with Gasteiger partial charge >= 0.3 is 0 Å². The van der Waals surface area contributed by atoms with Gasteiger partial charge in [0.2, 0.25) is 5.91 Å². The van der Waals surface area contributed by atoms with Gasteiger partial charge in [0.25, 0.3) is 0 Å². The zero-order valence-electron chi connectivity index (χ0n) is 10.6. The molecule has 0 spiro atoms. The zero-order valence-corrected chi connectivity index (χ0v) is 10.6. The molecular formula is C13H23NO. The topological polar surface area (TPSA) is 29.1 Å². The number of nitrogens with one attached hydrogen (secondary N) is 1. The third-order valence-corrected chi connectivity index (χ3v) is 1.48. The SMILES string of the molecule is C=C1CC(=O)N/C1=C/C=C\C.CC.CC. The molecular weight excluding hydrogens is 186 g/mol. The molecule has 0 saturated carbocycles. The molecule has 2 heteroatoms. The summed E-state index contributed by atoms with van der Waals surface area (Å²) in [7, 11) is 0. The molecule has 15 heavy (non-hydrogen) atoms. The molecule has 0 radical (unpaired) electrons. The van der Waals surface area contributed by atoms with Crippen molar-refractivity contribution >= 4 is 5.91 Å². The molecule has 0 aromatic rings. The molecule has 2 nitrogen and oxygen atoms in total. The average Bonchev–Trinajstić information content (AvgIpc) is 2.60. The molecule has 1 fully saturated rings. The first-order valence-corrected chi connectivity index (χ1v) is 5.55. The average molecular weight is 209 g/mol. The van der Waals surface area contributed by atoms with Crippen molar-refractivity contribution in [2.24, 2.45) is 0 Å². The second-order valence-corrected chi connectivity index (χ2v) is 2.43. The second kappa shape index (κ2) is 10.8. The lowest BCUT2D eigenvalue weighted by atomic mass is 10.2. The monoisotopic (exact) mass is 209 g/mol. The van der Waals surface area contributed by atoms with Gasteiger partial charge in [-0.05, 0) is 18.6 Å². The Kier molecular flexibility index (Phi) is 11.6. The summed E-state index contributed by atoms with van der Waals surface area (Å²) in [6.45, 7) is 13.7. The normalized spacial score (nSPS) is 16.7. The molecule has 0 aromatic carbocycles.